The standard InChI is InChI=1S/C11H13N3O3/c1-7(2)17-11(16)9(15)3-10-13-5-8(4-12)6-14-10/h5-7,9,15H,3H2,1-2H3. The first-order chi connectivity index (χ1) is 8.02. The average molecular weight is 235 g/mol. The van der Waals surface area contributed by atoms with E-state index in [0.717, 1.165) is 0 Å². The molecule has 17 heavy (non-hydrogen) atoms. The lowest BCUT2D eigenvalue weighted by molar-refractivity contribution is -0.157. The normalized spacial score (nSPS) is 11.9. The van der Waals surface area contributed by atoms with Crippen LogP contribution in [0.1, 0.15) is 25.2 Å². The molecule has 1 aromatic heterocycles. The predicted octanol–water partition coefficient (Wildman–Crippen LogP) is 0.203. The Morgan fingerprint density at radius 2 is 2.12 bits per heavy atom. The van der Waals surface area contributed by atoms with Gasteiger partial charge in [0, 0.05) is 18.8 Å². The zero-order valence-electron chi connectivity index (χ0n) is 9.62. The number of aromatic nitrogens is 2. The van der Waals surface area contributed by atoms with Crippen molar-refractivity contribution in [1.29, 1.82) is 5.26 Å². The summed E-state index contributed by atoms with van der Waals surface area (Å²) in [5.74, 6) is -0.412. The molecule has 0 saturated heterocycles. The third kappa shape index (κ3) is 4.17. The molecule has 0 radical (unpaired) electrons. The number of esters is 1. The molecule has 0 saturated carbocycles. The van der Waals surface area contributed by atoms with E-state index in [1.165, 1.54) is 12.4 Å². The van der Waals surface area contributed by atoms with Gasteiger partial charge in [0.1, 0.15) is 11.9 Å². The zero-order chi connectivity index (χ0) is 12.8. The van der Waals surface area contributed by atoms with Crippen LogP contribution in [0.2, 0.25) is 0 Å². The van der Waals surface area contributed by atoms with Crippen molar-refractivity contribution >= 4 is 5.97 Å². The number of hydrogen-bond acceptors (Lipinski definition) is 6. The second kappa shape index (κ2) is 5.92. The maximum atomic E-state index is 11.3. The molecule has 0 amide bonds. The lowest BCUT2D eigenvalue weighted by Crippen LogP contribution is -2.28. The first-order valence-electron chi connectivity index (χ1n) is 5.12. The largest absolute Gasteiger partial charge is 0.461 e. The summed E-state index contributed by atoms with van der Waals surface area (Å²) in [7, 11) is 0. The van der Waals surface area contributed by atoms with Gasteiger partial charge in [-0.05, 0) is 13.8 Å². The Morgan fingerprint density at radius 3 is 2.59 bits per heavy atom. The smallest absolute Gasteiger partial charge is 0.335 e. The maximum Gasteiger partial charge on any atom is 0.335 e. The summed E-state index contributed by atoms with van der Waals surface area (Å²) in [6, 6.07) is 1.88. The number of aliphatic hydroxyl groups excluding tert-OH is 1. The summed E-state index contributed by atoms with van der Waals surface area (Å²) in [6.07, 6.45) is 1.08. The SMILES string of the molecule is CC(C)OC(=O)C(O)Cc1ncc(C#N)cn1. The highest BCUT2D eigenvalue weighted by Gasteiger charge is 2.19. The van der Waals surface area contributed by atoms with Crippen LogP contribution in [0.4, 0.5) is 0 Å². The van der Waals surface area contributed by atoms with Crippen LogP contribution in [0, 0.1) is 11.3 Å². The van der Waals surface area contributed by atoms with Crippen LogP contribution in [-0.4, -0.2) is 33.3 Å². The number of hydrogen-bond donors (Lipinski definition) is 1. The van der Waals surface area contributed by atoms with E-state index < -0.39 is 12.1 Å². The Kier molecular flexibility index (Phi) is 4.55. The molecule has 1 heterocycles. The van der Waals surface area contributed by atoms with Gasteiger partial charge in [0.25, 0.3) is 0 Å². The Morgan fingerprint density at radius 1 is 1.53 bits per heavy atom. The highest BCUT2D eigenvalue weighted by molar-refractivity contribution is 5.74. The second-order valence-electron chi connectivity index (χ2n) is 3.71. The molecule has 0 fully saturated rings. The van der Waals surface area contributed by atoms with Crippen molar-refractivity contribution in [2.45, 2.75) is 32.5 Å². The molecule has 1 N–H and O–H groups in total. The fourth-order valence-corrected chi connectivity index (χ4v) is 1.09. The summed E-state index contributed by atoms with van der Waals surface area (Å²) >= 11 is 0. The average Bonchev–Trinajstić information content (AvgIpc) is 2.29. The van der Waals surface area contributed by atoms with E-state index in [9.17, 15) is 9.90 Å². The Bertz CT molecular complexity index is 423. The highest BCUT2D eigenvalue weighted by atomic mass is 16.6. The second-order valence-corrected chi connectivity index (χ2v) is 3.71. The van der Waals surface area contributed by atoms with Crippen molar-refractivity contribution in [1.82, 2.24) is 9.97 Å². The Balaban J connectivity index is 2.58. The molecule has 6 nitrogen and oxygen atoms in total. The number of aliphatic hydroxyl groups is 1. The van der Waals surface area contributed by atoms with E-state index in [4.69, 9.17) is 10.00 Å². The van der Waals surface area contributed by atoms with Gasteiger partial charge in [-0.15, -0.1) is 0 Å². The molecule has 1 atom stereocenters. The summed E-state index contributed by atoms with van der Waals surface area (Å²) in [5.41, 5.74) is 0.327. The number of ether oxygens (including phenoxy) is 1. The van der Waals surface area contributed by atoms with Crippen molar-refractivity contribution in [2.24, 2.45) is 0 Å². The molecule has 0 spiro atoms. The topological polar surface area (TPSA) is 96.1 Å². The van der Waals surface area contributed by atoms with E-state index in [-0.39, 0.29) is 18.3 Å². The van der Waals surface area contributed by atoms with Crippen molar-refractivity contribution < 1.29 is 14.6 Å². The van der Waals surface area contributed by atoms with E-state index in [1.807, 2.05) is 6.07 Å². The molecule has 0 aliphatic rings. The van der Waals surface area contributed by atoms with E-state index in [1.54, 1.807) is 13.8 Å². The van der Waals surface area contributed by atoms with Crippen LogP contribution >= 0.6 is 0 Å². The summed E-state index contributed by atoms with van der Waals surface area (Å²) in [5, 5.41) is 18.1. The number of nitriles is 1. The van der Waals surface area contributed by atoms with Gasteiger partial charge in [0.15, 0.2) is 6.10 Å². The maximum absolute atomic E-state index is 11.3. The molecule has 0 bridgehead atoms. The van der Waals surface area contributed by atoms with Gasteiger partial charge in [-0.3, -0.25) is 0 Å². The summed E-state index contributed by atoms with van der Waals surface area (Å²) in [4.78, 5) is 19.0. The van der Waals surface area contributed by atoms with Crippen LogP contribution in [0.3, 0.4) is 0 Å². The van der Waals surface area contributed by atoms with Crippen LogP contribution < -0.4 is 0 Å². The summed E-state index contributed by atoms with van der Waals surface area (Å²) < 4.78 is 4.83. The molecule has 1 aromatic rings. The van der Waals surface area contributed by atoms with Crippen LogP contribution in [0.15, 0.2) is 12.4 Å². The molecule has 1 rings (SSSR count). The Labute approximate surface area is 98.9 Å². The van der Waals surface area contributed by atoms with Crippen molar-refractivity contribution in [3.05, 3.63) is 23.8 Å². The Hall–Kier alpha value is -2.00. The quantitative estimate of drug-likeness (QED) is 0.749. The fraction of sp³-hybridized carbons (Fsp3) is 0.455. The fourth-order valence-electron chi connectivity index (χ4n) is 1.09. The van der Waals surface area contributed by atoms with Gasteiger partial charge in [0.2, 0.25) is 0 Å². The molecule has 0 aliphatic heterocycles. The minimum Gasteiger partial charge on any atom is -0.461 e. The number of rotatable bonds is 4. The van der Waals surface area contributed by atoms with Crippen molar-refractivity contribution in [3.8, 4) is 6.07 Å². The van der Waals surface area contributed by atoms with Crippen LogP contribution in [-0.2, 0) is 16.0 Å². The van der Waals surface area contributed by atoms with Gasteiger partial charge in [-0.25, -0.2) is 14.8 Å². The highest BCUT2D eigenvalue weighted by Crippen LogP contribution is 2.02. The minimum absolute atomic E-state index is 0.0305. The molecule has 90 valence electrons. The predicted molar refractivity (Wildman–Crippen MR) is 57.7 cm³/mol. The van der Waals surface area contributed by atoms with Crippen molar-refractivity contribution in [2.75, 3.05) is 0 Å². The number of carbonyl (C=O) groups excluding carboxylic acids is 1. The van der Waals surface area contributed by atoms with Gasteiger partial charge < -0.3 is 9.84 Å². The van der Waals surface area contributed by atoms with E-state index in [2.05, 4.69) is 9.97 Å². The monoisotopic (exact) mass is 235 g/mol. The zero-order valence-corrected chi connectivity index (χ0v) is 9.62. The van der Waals surface area contributed by atoms with Crippen molar-refractivity contribution in [3.63, 3.8) is 0 Å². The first-order valence-corrected chi connectivity index (χ1v) is 5.12. The van der Waals surface area contributed by atoms with Gasteiger partial charge in [0.05, 0.1) is 11.7 Å². The molecule has 0 aliphatic carbocycles. The summed E-state index contributed by atoms with van der Waals surface area (Å²) in [6.45, 7) is 3.39. The van der Waals surface area contributed by atoms with Crippen LogP contribution in [0.5, 0.6) is 0 Å². The van der Waals surface area contributed by atoms with E-state index >= 15 is 0 Å². The molecular formula is C11H13N3O3. The van der Waals surface area contributed by atoms with Gasteiger partial charge in [-0.2, -0.15) is 5.26 Å². The number of nitrogens with zero attached hydrogens (tertiary/aromatic N) is 3. The van der Waals surface area contributed by atoms with Gasteiger partial charge >= 0.3 is 5.97 Å². The minimum atomic E-state index is -1.29. The van der Waals surface area contributed by atoms with Crippen LogP contribution in [0.25, 0.3) is 0 Å². The number of carbonyl (C=O) groups is 1. The first kappa shape index (κ1) is 13.1. The molecule has 1 unspecified atom stereocenters. The van der Waals surface area contributed by atoms with E-state index in [0.29, 0.717) is 5.56 Å². The molecule has 6 heteroatoms. The molecule has 0 aromatic carbocycles. The lowest BCUT2D eigenvalue weighted by Gasteiger charge is -2.12. The lowest BCUT2D eigenvalue weighted by atomic mass is 10.2. The third-order valence-corrected chi connectivity index (χ3v) is 1.83. The van der Waals surface area contributed by atoms with Gasteiger partial charge in [-0.1, -0.05) is 0 Å². The molecular weight excluding hydrogens is 222 g/mol. The third-order valence-electron chi connectivity index (χ3n) is 1.83.